The third kappa shape index (κ3) is 3.04. The van der Waals surface area contributed by atoms with Crippen LogP contribution in [-0.4, -0.2) is 43.7 Å². The Kier molecular flexibility index (Phi) is 4.53. The predicted molar refractivity (Wildman–Crippen MR) is 87.4 cm³/mol. The quantitative estimate of drug-likeness (QED) is 0.940. The molecule has 0 aliphatic carbocycles. The number of nitrogens with zero attached hydrogens (tertiary/aromatic N) is 2. The van der Waals surface area contributed by atoms with Gasteiger partial charge in [-0.1, -0.05) is 25.1 Å². The van der Waals surface area contributed by atoms with Crippen molar-refractivity contribution in [1.82, 2.24) is 10.3 Å². The van der Waals surface area contributed by atoms with Gasteiger partial charge in [0, 0.05) is 25.0 Å². The van der Waals surface area contributed by atoms with E-state index >= 15 is 0 Å². The van der Waals surface area contributed by atoms with Gasteiger partial charge in [0.15, 0.2) is 0 Å². The van der Waals surface area contributed by atoms with Crippen LogP contribution in [0.2, 0.25) is 0 Å². The number of fused-ring (bicyclic) bond motifs is 1. The van der Waals surface area contributed by atoms with Crippen LogP contribution in [0.3, 0.4) is 0 Å². The van der Waals surface area contributed by atoms with Crippen molar-refractivity contribution < 1.29 is 9.53 Å². The minimum absolute atomic E-state index is 0.0324. The molecule has 0 atom stereocenters. The van der Waals surface area contributed by atoms with E-state index in [0.29, 0.717) is 25.3 Å². The number of rotatable bonds is 4. The second-order valence-electron chi connectivity index (χ2n) is 5.40. The molecule has 5 nitrogen and oxygen atoms in total. The van der Waals surface area contributed by atoms with Gasteiger partial charge in [-0.2, -0.15) is 0 Å². The largest absolute Gasteiger partial charge is 0.378 e. The third-order valence-electron chi connectivity index (χ3n) is 3.82. The Morgan fingerprint density at radius 3 is 2.86 bits per heavy atom. The molecule has 0 saturated carbocycles. The summed E-state index contributed by atoms with van der Waals surface area (Å²) in [6.45, 7) is 5.74. The molecule has 0 spiro atoms. The number of ether oxygens (including phenoxy) is 1. The molecule has 1 aromatic carbocycles. The smallest absolute Gasteiger partial charge is 0.252 e. The van der Waals surface area contributed by atoms with Crippen molar-refractivity contribution in [1.29, 1.82) is 0 Å². The van der Waals surface area contributed by atoms with Crippen molar-refractivity contribution >= 4 is 22.6 Å². The summed E-state index contributed by atoms with van der Waals surface area (Å²) in [6, 6.07) is 9.70. The Morgan fingerprint density at radius 2 is 2.09 bits per heavy atom. The molecule has 1 saturated heterocycles. The average molecular weight is 299 g/mol. The molecule has 1 amide bonds. The van der Waals surface area contributed by atoms with Gasteiger partial charge >= 0.3 is 0 Å². The molecule has 1 fully saturated rings. The summed E-state index contributed by atoms with van der Waals surface area (Å²) in [6.07, 6.45) is 0.922. The van der Waals surface area contributed by atoms with Crippen LogP contribution in [0.4, 0.5) is 5.82 Å². The molecule has 1 aliphatic rings. The Labute approximate surface area is 130 Å². The van der Waals surface area contributed by atoms with Crippen molar-refractivity contribution in [3.63, 3.8) is 0 Å². The number of para-hydroxylation sites is 1. The molecule has 22 heavy (non-hydrogen) atoms. The lowest BCUT2D eigenvalue weighted by Crippen LogP contribution is -2.37. The topological polar surface area (TPSA) is 54.5 Å². The number of aromatic nitrogens is 1. The number of anilines is 1. The van der Waals surface area contributed by atoms with Crippen LogP contribution in [0.25, 0.3) is 10.9 Å². The minimum atomic E-state index is -0.0324. The lowest BCUT2D eigenvalue weighted by atomic mass is 10.1. The number of carbonyl (C=O) groups excluding carboxylic acids is 1. The molecule has 0 bridgehead atoms. The minimum Gasteiger partial charge on any atom is -0.378 e. The number of morpholine rings is 1. The Bertz CT molecular complexity index is 666. The van der Waals surface area contributed by atoms with Crippen LogP contribution in [-0.2, 0) is 4.74 Å². The summed E-state index contributed by atoms with van der Waals surface area (Å²) in [5.74, 6) is 0.818. The molecule has 0 unspecified atom stereocenters. The number of hydrogen-bond acceptors (Lipinski definition) is 4. The summed E-state index contributed by atoms with van der Waals surface area (Å²) in [4.78, 5) is 19.4. The number of hydrogen-bond donors (Lipinski definition) is 1. The Balaban J connectivity index is 2.01. The van der Waals surface area contributed by atoms with E-state index in [9.17, 15) is 4.79 Å². The van der Waals surface area contributed by atoms with Crippen molar-refractivity contribution in [3.05, 3.63) is 35.9 Å². The van der Waals surface area contributed by atoms with E-state index in [1.54, 1.807) is 0 Å². The van der Waals surface area contributed by atoms with E-state index in [2.05, 4.69) is 10.2 Å². The van der Waals surface area contributed by atoms with Gasteiger partial charge in [0.25, 0.3) is 5.91 Å². The SMILES string of the molecule is CCCNC(=O)c1cc(N2CCOCC2)nc2ccccc12. The van der Waals surface area contributed by atoms with Crippen LogP contribution in [0.1, 0.15) is 23.7 Å². The fraction of sp³-hybridized carbons (Fsp3) is 0.412. The van der Waals surface area contributed by atoms with Gasteiger partial charge in [-0.15, -0.1) is 0 Å². The van der Waals surface area contributed by atoms with E-state index in [4.69, 9.17) is 9.72 Å². The van der Waals surface area contributed by atoms with Crippen molar-refractivity contribution in [2.45, 2.75) is 13.3 Å². The predicted octanol–water partition coefficient (Wildman–Crippen LogP) is 2.21. The van der Waals surface area contributed by atoms with E-state index in [-0.39, 0.29) is 5.91 Å². The molecule has 5 heteroatoms. The van der Waals surface area contributed by atoms with Gasteiger partial charge in [0.05, 0.1) is 24.3 Å². The first-order valence-corrected chi connectivity index (χ1v) is 7.80. The Hall–Kier alpha value is -2.14. The van der Waals surface area contributed by atoms with Crippen molar-refractivity contribution in [2.75, 3.05) is 37.7 Å². The first-order valence-electron chi connectivity index (χ1n) is 7.80. The average Bonchev–Trinajstić information content (AvgIpc) is 2.59. The first kappa shape index (κ1) is 14.8. The molecule has 116 valence electrons. The zero-order chi connectivity index (χ0) is 15.4. The fourth-order valence-electron chi connectivity index (χ4n) is 2.64. The number of carbonyl (C=O) groups is 1. The highest BCUT2D eigenvalue weighted by Gasteiger charge is 2.17. The second kappa shape index (κ2) is 6.75. The monoisotopic (exact) mass is 299 g/mol. The highest BCUT2D eigenvalue weighted by atomic mass is 16.5. The lowest BCUT2D eigenvalue weighted by Gasteiger charge is -2.28. The molecule has 1 aliphatic heterocycles. The molecular formula is C17H21N3O2. The summed E-state index contributed by atoms with van der Waals surface area (Å²) in [7, 11) is 0. The van der Waals surface area contributed by atoms with Crippen LogP contribution in [0, 0.1) is 0 Å². The van der Waals surface area contributed by atoms with Gasteiger partial charge < -0.3 is 15.0 Å². The summed E-state index contributed by atoms with van der Waals surface area (Å²) < 4.78 is 5.39. The summed E-state index contributed by atoms with van der Waals surface area (Å²) >= 11 is 0. The molecule has 3 rings (SSSR count). The highest BCUT2D eigenvalue weighted by Crippen LogP contribution is 2.23. The lowest BCUT2D eigenvalue weighted by molar-refractivity contribution is 0.0955. The third-order valence-corrected chi connectivity index (χ3v) is 3.82. The van der Waals surface area contributed by atoms with E-state index < -0.39 is 0 Å². The fourth-order valence-corrected chi connectivity index (χ4v) is 2.64. The maximum atomic E-state index is 12.5. The normalized spacial score (nSPS) is 15.0. The molecule has 1 aromatic heterocycles. The van der Waals surface area contributed by atoms with Gasteiger partial charge in [-0.3, -0.25) is 4.79 Å². The second-order valence-corrected chi connectivity index (χ2v) is 5.40. The number of pyridine rings is 1. The van der Waals surface area contributed by atoms with Crippen LogP contribution >= 0.6 is 0 Å². The number of amides is 1. The molecule has 2 aromatic rings. The van der Waals surface area contributed by atoms with Crippen LogP contribution in [0.15, 0.2) is 30.3 Å². The Morgan fingerprint density at radius 1 is 1.32 bits per heavy atom. The van der Waals surface area contributed by atoms with Gasteiger partial charge in [0.1, 0.15) is 5.82 Å². The molecule has 0 radical (unpaired) electrons. The van der Waals surface area contributed by atoms with Gasteiger partial charge in [-0.25, -0.2) is 4.98 Å². The molecule has 2 heterocycles. The molecular weight excluding hydrogens is 278 g/mol. The van der Waals surface area contributed by atoms with E-state index in [1.807, 2.05) is 37.3 Å². The summed E-state index contributed by atoms with van der Waals surface area (Å²) in [5.41, 5.74) is 1.55. The van der Waals surface area contributed by atoms with Crippen molar-refractivity contribution in [3.8, 4) is 0 Å². The van der Waals surface area contributed by atoms with Crippen molar-refractivity contribution in [2.24, 2.45) is 0 Å². The van der Waals surface area contributed by atoms with Crippen LogP contribution < -0.4 is 10.2 Å². The number of nitrogens with one attached hydrogen (secondary N) is 1. The van der Waals surface area contributed by atoms with Gasteiger partial charge in [-0.05, 0) is 18.6 Å². The maximum Gasteiger partial charge on any atom is 0.252 e. The van der Waals surface area contributed by atoms with E-state index in [1.165, 1.54) is 0 Å². The zero-order valence-corrected chi connectivity index (χ0v) is 12.8. The summed E-state index contributed by atoms with van der Waals surface area (Å²) in [5, 5.41) is 3.86. The maximum absolute atomic E-state index is 12.5. The number of benzene rings is 1. The van der Waals surface area contributed by atoms with Gasteiger partial charge in [0.2, 0.25) is 0 Å². The highest BCUT2D eigenvalue weighted by molar-refractivity contribution is 6.07. The van der Waals surface area contributed by atoms with E-state index in [0.717, 1.165) is 36.2 Å². The zero-order valence-electron chi connectivity index (χ0n) is 12.8. The van der Waals surface area contributed by atoms with Crippen LogP contribution in [0.5, 0.6) is 0 Å². The molecule has 1 N–H and O–H groups in total. The standard InChI is InChI=1S/C17H21N3O2/c1-2-7-18-17(21)14-12-16(20-8-10-22-11-9-20)19-15-6-4-3-5-13(14)15/h3-6,12H,2,7-11H2,1H3,(H,18,21). The first-order chi connectivity index (χ1) is 10.8.